The number of hydrogen-bond donors (Lipinski definition) is 1. The summed E-state index contributed by atoms with van der Waals surface area (Å²) in [4.78, 5) is 19.1. The van der Waals surface area contributed by atoms with Crippen molar-refractivity contribution in [3.05, 3.63) is 75.7 Å². The van der Waals surface area contributed by atoms with E-state index in [1.165, 1.54) is 24.5 Å². The number of aromatic nitrogens is 2. The first-order valence-electron chi connectivity index (χ1n) is 10.5. The smallest absolute Gasteiger partial charge is 0.293 e. The molecule has 1 heterocycles. The SMILES string of the molecule is O=COC(c1cccc(Cl)c1F)C(c1[nH]cnc1-c1ccc(F)c(Cl)c1)C1CCCCC1. The Hall–Kier alpha value is -2.44. The molecule has 3 aromatic rings. The van der Waals surface area contributed by atoms with Crippen molar-refractivity contribution >= 4 is 29.7 Å². The lowest BCUT2D eigenvalue weighted by Crippen LogP contribution is -2.26. The summed E-state index contributed by atoms with van der Waals surface area (Å²) in [7, 11) is 0. The number of nitrogens with one attached hydrogen (secondary N) is 1. The number of carbonyl (C=O) groups excluding carboxylic acids is 1. The summed E-state index contributed by atoms with van der Waals surface area (Å²) >= 11 is 12.1. The van der Waals surface area contributed by atoms with Gasteiger partial charge in [0.2, 0.25) is 0 Å². The highest BCUT2D eigenvalue weighted by Gasteiger charge is 2.38. The molecule has 8 heteroatoms. The first-order valence-corrected chi connectivity index (χ1v) is 11.3. The lowest BCUT2D eigenvalue weighted by atomic mass is 9.73. The number of halogens is 4. The van der Waals surface area contributed by atoms with Crippen LogP contribution in [-0.2, 0) is 9.53 Å². The molecule has 1 aromatic heterocycles. The number of ether oxygens (including phenoxy) is 1. The van der Waals surface area contributed by atoms with Crippen molar-refractivity contribution in [2.75, 3.05) is 0 Å². The third-order valence-corrected chi connectivity index (χ3v) is 6.75. The number of nitrogens with zero attached hydrogens (tertiary/aromatic N) is 1. The largest absolute Gasteiger partial charge is 0.459 e. The molecule has 2 unspecified atom stereocenters. The predicted molar refractivity (Wildman–Crippen MR) is 120 cm³/mol. The van der Waals surface area contributed by atoms with Crippen molar-refractivity contribution in [2.45, 2.75) is 44.1 Å². The maximum Gasteiger partial charge on any atom is 0.293 e. The van der Waals surface area contributed by atoms with Gasteiger partial charge in [0, 0.05) is 17.0 Å². The van der Waals surface area contributed by atoms with Crippen molar-refractivity contribution in [3.63, 3.8) is 0 Å². The van der Waals surface area contributed by atoms with E-state index in [4.69, 9.17) is 27.9 Å². The van der Waals surface area contributed by atoms with E-state index in [1.54, 1.807) is 18.2 Å². The highest BCUT2D eigenvalue weighted by molar-refractivity contribution is 6.31. The Morgan fingerprint density at radius 1 is 1.09 bits per heavy atom. The Bertz CT molecular complexity index is 1100. The molecule has 2 aromatic carbocycles. The molecule has 1 aliphatic rings. The minimum Gasteiger partial charge on any atom is -0.459 e. The summed E-state index contributed by atoms with van der Waals surface area (Å²) < 4.78 is 34.3. The number of hydrogen-bond acceptors (Lipinski definition) is 3. The van der Waals surface area contributed by atoms with E-state index in [-0.39, 0.29) is 21.5 Å². The quantitative estimate of drug-likeness (QED) is 0.364. The number of carbonyl (C=O) groups is 1. The predicted octanol–water partition coefficient (Wildman–Crippen LogP) is 7.24. The lowest BCUT2D eigenvalue weighted by molar-refractivity contribution is -0.136. The van der Waals surface area contributed by atoms with Crippen LogP contribution in [0.1, 0.15) is 55.4 Å². The molecule has 1 fully saturated rings. The van der Waals surface area contributed by atoms with Gasteiger partial charge in [0.05, 0.1) is 27.8 Å². The van der Waals surface area contributed by atoms with Crippen LogP contribution in [0.4, 0.5) is 8.78 Å². The van der Waals surface area contributed by atoms with Crippen LogP contribution in [0, 0.1) is 17.6 Å². The molecule has 4 nitrogen and oxygen atoms in total. The molecule has 1 saturated carbocycles. The zero-order valence-electron chi connectivity index (χ0n) is 17.2. The van der Waals surface area contributed by atoms with E-state index in [0.29, 0.717) is 23.4 Å². The second kappa shape index (κ2) is 10.0. The van der Waals surface area contributed by atoms with Gasteiger partial charge in [-0.25, -0.2) is 13.8 Å². The molecule has 0 spiro atoms. The third-order valence-electron chi connectivity index (χ3n) is 6.17. The molecule has 4 rings (SSSR count). The van der Waals surface area contributed by atoms with Gasteiger partial charge in [-0.15, -0.1) is 0 Å². The molecule has 168 valence electrons. The van der Waals surface area contributed by atoms with E-state index in [9.17, 15) is 9.18 Å². The van der Waals surface area contributed by atoms with Gasteiger partial charge < -0.3 is 9.72 Å². The number of rotatable bonds is 7. The maximum absolute atomic E-state index is 15.1. The molecule has 2 atom stereocenters. The molecule has 0 amide bonds. The van der Waals surface area contributed by atoms with Gasteiger partial charge in [0.1, 0.15) is 17.7 Å². The van der Waals surface area contributed by atoms with Crippen LogP contribution in [0.5, 0.6) is 0 Å². The van der Waals surface area contributed by atoms with E-state index < -0.39 is 23.7 Å². The Balaban J connectivity index is 1.86. The van der Waals surface area contributed by atoms with E-state index in [2.05, 4.69) is 9.97 Å². The molecular formula is C24H22Cl2F2N2O2. The fourth-order valence-electron chi connectivity index (χ4n) is 4.71. The van der Waals surface area contributed by atoms with E-state index >= 15 is 4.39 Å². The average Bonchev–Trinajstić information content (AvgIpc) is 3.27. The van der Waals surface area contributed by atoms with Gasteiger partial charge >= 0.3 is 0 Å². The molecule has 0 bridgehead atoms. The molecule has 1 aliphatic carbocycles. The topological polar surface area (TPSA) is 55.0 Å². The van der Waals surface area contributed by atoms with E-state index in [0.717, 1.165) is 32.1 Å². The molecular weight excluding hydrogens is 457 g/mol. The summed E-state index contributed by atoms with van der Waals surface area (Å²) in [5.74, 6) is -1.44. The van der Waals surface area contributed by atoms with Crippen molar-refractivity contribution < 1.29 is 18.3 Å². The monoisotopic (exact) mass is 478 g/mol. The van der Waals surface area contributed by atoms with Gasteiger partial charge in [-0.2, -0.15) is 0 Å². The highest BCUT2D eigenvalue weighted by Crippen LogP contribution is 2.47. The average molecular weight is 479 g/mol. The second-order valence-electron chi connectivity index (χ2n) is 8.01. The third kappa shape index (κ3) is 4.52. The first kappa shape index (κ1) is 22.7. The van der Waals surface area contributed by atoms with Crippen LogP contribution in [0.15, 0.2) is 42.7 Å². The van der Waals surface area contributed by atoms with E-state index in [1.807, 2.05) is 0 Å². The lowest BCUT2D eigenvalue weighted by Gasteiger charge is -2.35. The summed E-state index contributed by atoms with van der Waals surface area (Å²) in [6.07, 6.45) is 5.59. The minimum atomic E-state index is -0.913. The Morgan fingerprint density at radius 2 is 1.88 bits per heavy atom. The molecule has 0 radical (unpaired) electrons. The van der Waals surface area contributed by atoms with Crippen LogP contribution in [0.25, 0.3) is 11.3 Å². The summed E-state index contributed by atoms with van der Waals surface area (Å²) in [6.45, 7) is 0.339. The van der Waals surface area contributed by atoms with Crippen LogP contribution >= 0.6 is 23.2 Å². The first-order chi connectivity index (χ1) is 15.5. The van der Waals surface area contributed by atoms with Crippen LogP contribution < -0.4 is 0 Å². The van der Waals surface area contributed by atoms with Crippen LogP contribution in [0.2, 0.25) is 10.0 Å². The summed E-state index contributed by atoms with van der Waals surface area (Å²) in [5, 5.41) is -0.0632. The second-order valence-corrected chi connectivity index (χ2v) is 8.83. The fourth-order valence-corrected chi connectivity index (χ4v) is 5.07. The Kier molecular flexibility index (Phi) is 7.11. The normalized spacial score (nSPS) is 16.5. The van der Waals surface area contributed by atoms with Crippen molar-refractivity contribution in [3.8, 4) is 11.3 Å². The van der Waals surface area contributed by atoms with Crippen molar-refractivity contribution in [1.82, 2.24) is 9.97 Å². The molecule has 1 N–H and O–H groups in total. The zero-order chi connectivity index (χ0) is 22.7. The van der Waals surface area contributed by atoms with Crippen molar-refractivity contribution in [2.24, 2.45) is 5.92 Å². The number of benzene rings is 2. The summed E-state index contributed by atoms with van der Waals surface area (Å²) in [6, 6.07) is 9.04. The Morgan fingerprint density at radius 3 is 2.59 bits per heavy atom. The van der Waals surface area contributed by atoms with Crippen LogP contribution in [-0.4, -0.2) is 16.4 Å². The number of H-pyrrole nitrogens is 1. The minimum absolute atomic E-state index is 0.0211. The molecule has 32 heavy (non-hydrogen) atoms. The fraction of sp³-hybridized carbons (Fsp3) is 0.333. The number of imidazole rings is 1. The van der Waals surface area contributed by atoms with Crippen LogP contribution in [0.3, 0.4) is 0 Å². The van der Waals surface area contributed by atoms with Crippen molar-refractivity contribution in [1.29, 1.82) is 0 Å². The van der Waals surface area contributed by atoms with Gasteiger partial charge in [0.25, 0.3) is 6.47 Å². The van der Waals surface area contributed by atoms with Gasteiger partial charge in [-0.1, -0.05) is 54.6 Å². The number of aromatic amines is 1. The van der Waals surface area contributed by atoms with Gasteiger partial charge in [0.15, 0.2) is 0 Å². The van der Waals surface area contributed by atoms with Gasteiger partial charge in [-0.05, 0) is 43.0 Å². The maximum atomic E-state index is 15.1. The standard InChI is InChI=1S/C24H22Cl2F2N2O2/c25-17-8-4-7-16(21(17)28)24(32-13-31)20(14-5-2-1-3-6-14)23-22(29-12-30-23)15-9-10-19(27)18(26)11-15/h4,7-14,20,24H,1-3,5-6H2,(H,29,30). The molecule has 0 saturated heterocycles. The molecule has 0 aliphatic heterocycles. The highest BCUT2D eigenvalue weighted by atomic mass is 35.5. The Labute approximate surface area is 194 Å². The zero-order valence-corrected chi connectivity index (χ0v) is 18.7. The van der Waals surface area contributed by atoms with Gasteiger partial charge in [-0.3, -0.25) is 4.79 Å². The summed E-state index contributed by atoms with van der Waals surface area (Å²) in [5.41, 5.74) is 2.07.